The first-order valence-corrected chi connectivity index (χ1v) is 9.64. The van der Waals surface area contributed by atoms with Crippen molar-refractivity contribution in [1.29, 1.82) is 0 Å². The Morgan fingerprint density at radius 2 is 1.96 bits per heavy atom. The molecule has 1 unspecified atom stereocenters. The van der Waals surface area contributed by atoms with Crippen molar-refractivity contribution in [3.05, 3.63) is 60.1 Å². The largest absolute Gasteiger partial charge is 0.468 e. The number of nitrogens with one attached hydrogen (secondary N) is 1. The first kappa shape index (κ1) is 17.1. The first-order chi connectivity index (χ1) is 11.8. The molecule has 2 heterocycles. The van der Waals surface area contributed by atoms with Crippen molar-refractivity contribution in [2.75, 3.05) is 31.1 Å². The van der Waals surface area contributed by atoms with E-state index in [-0.39, 0.29) is 11.9 Å². The van der Waals surface area contributed by atoms with Crippen molar-refractivity contribution in [2.45, 2.75) is 18.9 Å². The van der Waals surface area contributed by atoms with Crippen LogP contribution in [0.3, 0.4) is 0 Å². The zero-order valence-corrected chi connectivity index (χ0v) is 14.6. The maximum atomic E-state index is 12.2. The third-order valence-electron chi connectivity index (χ3n) is 4.33. The van der Waals surface area contributed by atoms with Gasteiger partial charge in [0.05, 0.1) is 12.3 Å². The standard InChI is InChI=1S/C19H24N2O2S/c22-19(9-8-16-5-2-1-3-6-16)20-15-17(18-7-4-12-23-18)21-10-13-24-14-11-21/h1-7,12,17H,8-11,13-15H2,(H,20,22). The Balaban J connectivity index is 1.52. The molecule has 0 bridgehead atoms. The van der Waals surface area contributed by atoms with Crippen molar-refractivity contribution >= 4 is 17.7 Å². The molecule has 1 aromatic heterocycles. The predicted octanol–water partition coefficient (Wildman–Crippen LogP) is 3.12. The lowest BCUT2D eigenvalue weighted by molar-refractivity contribution is -0.121. The summed E-state index contributed by atoms with van der Waals surface area (Å²) in [4.78, 5) is 14.6. The van der Waals surface area contributed by atoms with Crippen molar-refractivity contribution in [3.8, 4) is 0 Å². The van der Waals surface area contributed by atoms with Gasteiger partial charge in [0, 0.05) is 37.6 Å². The number of hydrogen-bond donors (Lipinski definition) is 1. The minimum Gasteiger partial charge on any atom is -0.468 e. The molecule has 0 spiro atoms. The Morgan fingerprint density at radius 1 is 1.17 bits per heavy atom. The van der Waals surface area contributed by atoms with Crippen LogP contribution < -0.4 is 5.32 Å². The Kier molecular flexibility index (Phi) is 6.38. The first-order valence-electron chi connectivity index (χ1n) is 8.49. The molecule has 1 amide bonds. The third-order valence-corrected chi connectivity index (χ3v) is 5.28. The second-order valence-electron chi connectivity index (χ2n) is 5.97. The summed E-state index contributed by atoms with van der Waals surface area (Å²) in [5.74, 6) is 3.31. The highest BCUT2D eigenvalue weighted by molar-refractivity contribution is 7.99. The molecule has 24 heavy (non-hydrogen) atoms. The average Bonchev–Trinajstić information content (AvgIpc) is 3.16. The highest BCUT2D eigenvalue weighted by atomic mass is 32.2. The van der Waals surface area contributed by atoms with Gasteiger partial charge in [-0.25, -0.2) is 0 Å². The summed E-state index contributed by atoms with van der Waals surface area (Å²) in [6.45, 7) is 2.68. The summed E-state index contributed by atoms with van der Waals surface area (Å²) >= 11 is 1.98. The number of benzene rings is 1. The molecule has 0 saturated carbocycles. The molecule has 4 nitrogen and oxygen atoms in total. The normalized spacial score (nSPS) is 16.7. The van der Waals surface area contributed by atoms with E-state index in [2.05, 4.69) is 22.3 Å². The summed E-state index contributed by atoms with van der Waals surface area (Å²) in [5.41, 5.74) is 1.20. The smallest absolute Gasteiger partial charge is 0.220 e. The molecule has 5 heteroatoms. The number of carbonyl (C=O) groups excluding carboxylic acids is 1. The van der Waals surface area contributed by atoms with Crippen molar-refractivity contribution in [3.63, 3.8) is 0 Å². The highest BCUT2D eigenvalue weighted by Gasteiger charge is 2.24. The van der Waals surface area contributed by atoms with Crippen LogP contribution in [0.25, 0.3) is 0 Å². The van der Waals surface area contributed by atoms with Gasteiger partial charge < -0.3 is 9.73 Å². The lowest BCUT2D eigenvalue weighted by Crippen LogP contribution is -2.42. The molecule has 1 atom stereocenters. The molecule has 0 radical (unpaired) electrons. The Labute approximate surface area is 147 Å². The predicted molar refractivity (Wildman–Crippen MR) is 98.1 cm³/mol. The minimum atomic E-state index is 0.0989. The highest BCUT2D eigenvalue weighted by Crippen LogP contribution is 2.24. The van der Waals surface area contributed by atoms with Crippen LogP contribution >= 0.6 is 11.8 Å². The summed E-state index contributed by atoms with van der Waals surface area (Å²) in [5, 5.41) is 3.09. The maximum absolute atomic E-state index is 12.2. The van der Waals surface area contributed by atoms with Crippen LogP contribution in [0.1, 0.15) is 23.8 Å². The van der Waals surface area contributed by atoms with E-state index in [1.165, 1.54) is 5.56 Å². The third kappa shape index (κ3) is 4.89. The fourth-order valence-corrected chi connectivity index (χ4v) is 3.91. The Bertz CT molecular complexity index is 610. The summed E-state index contributed by atoms with van der Waals surface area (Å²) < 4.78 is 5.61. The number of carbonyl (C=O) groups is 1. The zero-order valence-electron chi connectivity index (χ0n) is 13.8. The van der Waals surface area contributed by atoms with E-state index < -0.39 is 0 Å². The molecule has 1 fully saturated rings. The van der Waals surface area contributed by atoms with E-state index >= 15 is 0 Å². The van der Waals surface area contributed by atoms with E-state index in [0.29, 0.717) is 13.0 Å². The van der Waals surface area contributed by atoms with Crippen LogP contribution in [0, 0.1) is 0 Å². The molecule has 1 saturated heterocycles. The fourth-order valence-electron chi connectivity index (χ4n) is 2.98. The van der Waals surface area contributed by atoms with E-state index in [0.717, 1.165) is 36.8 Å². The van der Waals surface area contributed by atoms with E-state index in [4.69, 9.17) is 4.42 Å². The van der Waals surface area contributed by atoms with Gasteiger partial charge in [0.2, 0.25) is 5.91 Å². The van der Waals surface area contributed by atoms with Gasteiger partial charge in [-0.1, -0.05) is 30.3 Å². The lowest BCUT2D eigenvalue weighted by Gasteiger charge is -2.33. The van der Waals surface area contributed by atoms with Gasteiger partial charge in [-0.15, -0.1) is 0 Å². The minimum absolute atomic E-state index is 0.0989. The Morgan fingerprint density at radius 3 is 2.67 bits per heavy atom. The number of amides is 1. The fraction of sp³-hybridized carbons (Fsp3) is 0.421. The SMILES string of the molecule is O=C(CCc1ccccc1)NCC(c1ccco1)N1CCSCC1. The molecule has 1 aliphatic heterocycles. The number of hydrogen-bond acceptors (Lipinski definition) is 4. The number of rotatable bonds is 7. The molecule has 1 aromatic carbocycles. The van der Waals surface area contributed by atoms with Crippen LogP contribution in [0.4, 0.5) is 0 Å². The molecule has 2 aromatic rings. The van der Waals surface area contributed by atoms with Gasteiger partial charge in [-0.05, 0) is 24.1 Å². The lowest BCUT2D eigenvalue weighted by atomic mass is 10.1. The van der Waals surface area contributed by atoms with Gasteiger partial charge in [-0.3, -0.25) is 9.69 Å². The molecule has 1 N–H and O–H groups in total. The van der Waals surface area contributed by atoms with Gasteiger partial charge in [0.1, 0.15) is 5.76 Å². The van der Waals surface area contributed by atoms with Crippen LogP contribution in [0.2, 0.25) is 0 Å². The van der Waals surface area contributed by atoms with Gasteiger partial charge in [0.15, 0.2) is 0 Å². The van der Waals surface area contributed by atoms with Gasteiger partial charge in [-0.2, -0.15) is 11.8 Å². The maximum Gasteiger partial charge on any atom is 0.220 e. The number of aryl methyl sites for hydroxylation is 1. The van der Waals surface area contributed by atoms with Crippen molar-refractivity contribution in [2.24, 2.45) is 0 Å². The molecule has 128 valence electrons. The van der Waals surface area contributed by atoms with Gasteiger partial charge in [0.25, 0.3) is 0 Å². The van der Waals surface area contributed by atoms with Crippen LogP contribution in [-0.2, 0) is 11.2 Å². The monoisotopic (exact) mass is 344 g/mol. The molecule has 3 rings (SSSR count). The quantitative estimate of drug-likeness (QED) is 0.838. The topological polar surface area (TPSA) is 45.5 Å². The molecule has 1 aliphatic rings. The van der Waals surface area contributed by atoms with Crippen molar-refractivity contribution in [1.82, 2.24) is 10.2 Å². The van der Waals surface area contributed by atoms with Crippen LogP contribution in [-0.4, -0.2) is 41.9 Å². The second kappa shape index (κ2) is 8.94. The summed E-state index contributed by atoms with van der Waals surface area (Å²) in [7, 11) is 0. The number of thioether (sulfide) groups is 1. The number of furan rings is 1. The van der Waals surface area contributed by atoms with E-state index in [1.807, 2.05) is 42.1 Å². The van der Waals surface area contributed by atoms with E-state index in [1.54, 1.807) is 6.26 Å². The summed E-state index contributed by atoms with van der Waals surface area (Å²) in [6.07, 6.45) is 3.00. The molecular formula is C19H24N2O2S. The Hall–Kier alpha value is -1.72. The van der Waals surface area contributed by atoms with E-state index in [9.17, 15) is 4.79 Å². The average molecular weight is 344 g/mol. The second-order valence-corrected chi connectivity index (χ2v) is 7.19. The summed E-state index contributed by atoms with van der Waals surface area (Å²) in [6, 6.07) is 14.2. The molecular weight excluding hydrogens is 320 g/mol. The van der Waals surface area contributed by atoms with Gasteiger partial charge >= 0.3 is 0 Å². The molecule has 0 aliphatic carbocycles. The zero-order chi connectivity index (χ0) is 16.6. The number of nitrogens with zero attached hydrogens (tertiary/aromatic N) is 1. The van der Waals surface area contributed by atoms with Crippen molar-refractivity contribution < 1.29 is 9.21 Å². The van der Waals surface area contributed by atoms with Crippen LogP contribution in [0.5, 0.6) is 0 Å². The van der Waals surface area contributed by atoms with Crippen LogP contribution in [0.15, 0.2) is 53.1 Å².